The minimum absolute atomic E-state index is 0.425. The smallest absolute Gasteiger partial charge is 0.416 e. The molecular weight excluding hydrogens is 309 g/mol. The summed E-state index contributed by atoms with van der Waals surface area (Å²) in [7, 11) is 1.02. The SMILES string of the molecule is COC(=O)CC(O)C(O)c1cc(C(F)(F)F)ccc1C(=O)O. The summed E-state index contributed by atoms with van der Waals surface area (Å²) in [6, 6.07) is 1.65. The lowest BCUT2D eigenvalue weighted by Gasteiger charge is -2.20. The molecule has 22 heavy (non-hydrogen) atoms. The normalized spacial score (nSPS) is 14.3. The molecular formula is C13H13F3O6. The maximum Gasteiger partial charge on any atom is 0.416 e. The number of carbonyl (C=O) groups is 2. The van der Waals surface area contributed by atoms with Crippen molar-refractivity contribution >= 4 is 11.9 Å². The lowest BCUT2D eigenvalue weighted by molar-refractivity contribution is -0.145. The molecule has 0 radical (unpaired) electrons. The summed E-state index contributed by atoms with van der Waals surface area (Å²) in [5.41, 5.74) is -2.43. The number of carbonyl (C=O) groups excluding carboxylic acids is 1. The molecule has 0 amide bonds. The van der Waals surface area contributed by atoms with Crippen molar-refractivity contribution in [1.29, 1.82) is 0 Å². The van der Waals surface area contributed by atoms with Crippen LogP contribution in [0.5, 0.6) is 0 Å². The first-order valence-corrected chi connectivity index (χ1v) is 5.95. The summed E-state index contributed by atoms with van der Waals surface area (Å²) >= 11 is 0. The molecule has 3 N–H and O–H groups in total. The van der Waals surface area contributed by atoms with Crippen LogP contribution in [0.25, 0.3) is 0 Å². The Morgan fingerprint density at radius 2 is 1.86 bits per heavy atom. The fourth-order valence-electron chi connectivity index (χ4n) is 1.75. The predicted molar refractivity (Wildman–Crippen MR) is 66.0 cm³/mol. The van der Waals surface area contributed by atoms with Crippen LogP contribution in [0.4, 0.5) is 13.2 Å². The average Bonchev–Trinajstić information content (AvgIpc) is 2.44. The molecule has 2 unspecified atom stereocenters. The van der Waals surface area contributed by atoms with E-state index in [2.05, 4.69) is 4.74 Å². The molecule has 0 aliphatic rings. The molecule has 0 heterocycles. The van der Waals surface area contributed by atoms with Gasteiger partial charge < -0.3 is 20.1 Å². The van der Waals surface area contributed by atoms with Crippen LogP contribution in [0.15, 0.2) is 18.2 Å². The predicted octanol–water partition coefficient (Wildman–Crippen LogP) is 1.36. The number of aromatic carboxylic acids is 1. The van der Waals surface area contributed by atoms with Gasteiger partial charge in [0.1, 0.15) is 6.10 Å². The van der Waals surface area contributed by atoms with Gasteiger partial charge in [-0.2, -0.15) is 13.2 Å². The second kappa shape index (κ2) is 6.75. The summed E-state index contributed by atoms with van der Waals surface area (Å²) in [5, 5.41) is 28.5. The first-order valence-electron chi connectivity index (χ1n) is 5.95. The highest BCUT2D eigenvalue weighted by atomic mass is 19.4. The highest BCUT2D eigenvalue weighted by Gasteiger charge is 2.34. The van der Waals surface area contributed by atoms with Gasteiger partial charge in [0.15, 0.2) is 0 Å². The summed E-state index contributed by atoms with van der Waals surface area (Å²) < 4.78 is 42.2. The van der Waals surface area contributed by atoms with E-state index in [0.717, 1.165) is 7.11 Å². The molecule has 1 aromatic rings. The van der Waals surface area contributed by atoms with Crippen LogP contribution in [-0.2, 0) is 15.7 Å². The molecule has 6 nitrogen and oxygen atoms in total. The van der Waals surface area contributed by atoms with Crippen LogP contribution in [0.3, 0.4) is 0 Å². The van der Waals surface area contributed by atoms with E-state index in [1.807, 2.05) is 0 Å². The van der Waals surface area contributed by atoms with Gasteiger partial charge in [-0.25, -0.2) is 4.79 Å². The number of methoxy groups -OCH3 is 1. The van der Waals surface area contributed by atoms with Gasteiger partial charge >= 0.3 is 18.1 Å². The molecule has 9 heteroatoms. The van der Waals surface area contributed by atoms with Crippen molar-refractivity contribution in [3.05, 3.63) is 34.9 Å². The van der Waals surface area contributed by atoms with Gasteiger partial charge in [-0.05, 0) is 23.8 Å². The third-order valence-corrected chi connectivity index (χ3v) is 2.90. The fourth-order valence-corrected chi connectivity index (χ4v) is 1.75. The Hall–Kier alpha value is -2.13. The molecule has 122 valence electrons. The number of aliphatic hydroxyl groups is 2. The molecule has 0 aliphatic heterocycles. The lowest BCUT2D eigenvalue weighted by Crippen LogP contribution is -2.24. The van der Waals surface area contributed by atoms with Gasteiger partial charge in [0.05, 0.1) is 30.8 Å². The number of carboxylic acids is 1. The van der Waals surface area contributed by atoms with Crippen LogP contribution < -0.4 is 0 Å². The number of ether oxygens (including phenoxy) is 1. The fraction of sp³-hybridized carbons (Fsp3) is 0.385. The van der Waals surface area contributed by atoms with E-state index >= 15 is 0 Å². The lowest BCUT2D eigenvalue weighted by atomic mass is 9.95. The van der Waals surface area contributed by atoms with Crippen molar-refractivity contribution in [3.63, 3.8) is 0 Å². The van der Waals surface area contributed by atoms with Crippen LogP contribution in [0.2, 0.25) is 0 Å². The minimum atomic E-state index is -4.75. The number of esters is 1. The van der Waals surface area contributed by atoms with E-state index in [0.29, 0.717) is 18.2 Å². The number of alkyl halides is 3. The maximum atomic E-state index is 12.7. The molecule has 1 rings (SSSR count). The van der Waals surface area contributed by atoms with Crippen molar-refractivity contribution in [2.24, 2.45) is 0 Å². The molecule has 0 fully saturated rings. The molecule has 0 saturated heterocycles. The van der Waals surface area contributed by atoms with E-state index in [1.54, 1.807) is 0 Å². The number of hydrogen-bond donors (Lipinski definition) is 3. The Kier molecular flexibility index (Phi) is 5.50. The van der Waals surface area contributed by atoms with Gasteiger partial charge in [0.2, 0.25) is 0 Å². The topological polar surface area (TPSA) is 104 Å². The maximum absolute atomic E-state index is 12.7. The van der Waals surface area contributed by atoms with Crippen molar-refractivity contribution in [2.75, 3.05) is 7.11 Å². The minimum Gasteiger partial charge on any atom is -0.478 e. The van der Waals surface area contributed by atoms with Gasteiger partial charge in [-0.1, -0.05) is 0 Å². The number of aliphatic hydroxyl groups excluding tert-OH is 2. The molecule has 0 saturated carbocycles. The molecule has 0 aromatic heterocycles. The molecule has 0 bridgehead atoms. The Morgan fingerprint density at radius 3 is 2.32 bits per heavy atom. The van der Waals surface area contributed by atoms with E-state index < -0.39 is 53.4 Å². The quantitative estimate of drug-likeness (QED) is 0.707. The van der Waals surface area contributed by atoms with Gasteiger partial charge in [0.25, 0.3) is 0 Å². The number of halogens is 3. The highest BCUT2D eigenvalue weighted by Crippen LogP contribution is 2.33. The van der Waals surface area contributed by atoms with Gasteiger partial charge in [-0.3, -0.25) is 4.79 Å². The number of hydrogen-bond acceptors (Lipinski definition) is 5. The molecule has 0 spiro atoms. The zero-order valence-corrected chi connectivity index (χ0v) is 11.3. The Labute approximate surface area is 122 Å². The third kappa shape index (κ3) is 4.18. The zero-order valence-electron chi connectivity index (χ0n) is 11.3. The van der Waals surface area contributed by atoms with Crippen molar-refractivity contribution in [2.45, 2.75) is 24.8 Å². The number of rotatable bonds is 5. The van der Waals surface area contributed by atoms with Crippen molar-refractivity contribution in [1.82, 2.24) is 0 Å². The summed E-state index contributed by atoms with van der Waals surface area (Å²) in [6.45, 7) is 0. The summed E-state index contributed by atoms with van der Waals surface area (Å²) in [4.78, 5) is 22.0. The summed E-state index contributed by atoms with van der Waals surface area (Å²) in [5.74, 6) is -2.48. The van der Waals surface area contributed by atoms with Crippen molar-refractivity contribution < 1.29 is 42.8 Å². The Morgan fingerprint density at radius 1 is 1.27 bits per heavy atom. The third-order valence-electron chi connectivity index (χ3n) is 2.90. The van der Waals surface area contributed by atoms with Crippen LogP contribution in [0.1, 0.15) is 34.0 Å². The van der Waals surface area contributed by atoms with Crippen LogP contribution >= 0.6 is 0 Å². The first kappa shape index (κ1) is 17.9. The van der Waals surface area contributed by atoms with Gasteiger partial charge in [0, 0.05) is 0 Å². The highest BCUT2D eigenvalue weighted by molar-refractivity contribution is 5.89. The van der Waals surface area contributed by atoms with Crippen molar-refractivity contribution in [3.8, 4) is 0 Å². The van der Waals surface area contributed by atoms with E-state index in [-0.39, 0.29) is 0 Å². The van der Waals surface area contributed by atoms with Crippen LogP contribution in [-0.4, -0.2) is 40.5 Å². The Bertz CT molecular complexity index is 569. The standard InChI is InChI=1S/C13H13F3O6/c1-22-10(18)5-9(17)11(19)8-4-6(13(14,15)16)2-3-7(8)12(20)21/h2-4,9,11,17,19H,5H2,1H3,(H,20,21). The van der Waals surface area contributed by atoms with E-state index in [1.165, 1.54) is 0 Å². The zero-order chi connectivity index (χ0) is 17.1. The number of carboxylic acid groups (broad SMARTS) is 1. The molecule has 1 aromatic carbocycles. The van der Waals surface area contributed by atoms with E-state index in [9.17, 15) is 33.0 Å². The Balaban J connectivity index is 3.23. The monoisotopic (exact) mass is 322 g/mol. The average molecular weight is 322 g/mol. The van der Waals surface area contributed by atoms with Gasteiger partial charge in [-0.15, -0.1) is 0 Å². The second-order valence-electron chi connectivity index (χ2n) is 4.40. The summed E-state index contributed by atoms with van der Waals surface area (Å²) in [6.07, 6.45) is -9.26. The first-order chi connectivity index (χ1) is 10.1. The van der Waals surface area contributed by atoms with Crippen LogP contribution in [0, 0.1) is 0 Å². The van der Waals surface area contributed by atoms with E-state index in [4.69, 9.17) is 5.11 Å². The molecule has 0 aliphatic carbocycles. The number of benzene rings is 1. The second-order valence-corrected chi connectivity index (χ2v) is 4.40. The largest absolute Gasteiger partial charge is 0.478 e. The molecule has 2 atom stereocenters.